The third-order valence-electron chi connectivity index (χ3n) is 5.01. The third-order valence-corrected chi connectivity index (χ3v) is 6.94. The lowest BCUT2D eigenvalue weighted by Gasteiger charge is -2.15. The Bertz CT molecular complexity index is 1600. The number of halogens is 5. The van der Waals surface area contributed by atoms with Gasteiger partial charge >= 0.3 is 6.18 Å². The van der Waals surface area contributed by atoms with Crippen LogP contribution in [0.2, 0.25) is 10.0 Å². The van der Waals surface area contributed by atoms with E-state index in [2.05, 4.69) is 15.0 Å². The van der Waals surface area contributed by atoms with Crippen molar-refractivity contribution in [2.45, 2.75) is 11.1 Å². The molecule has 4 rings (SSSR count). The van der Waals surface area contributed by atoms with Gasteiger partial charge in [0.2, 0.25) is 0 Å². The minimum absolute atomic E-state index is 0.0521. The van der Waals surface area contributed by atoms with E-state index in [-0.39, 0.29) is 21.2 Å². The molecule has 2 N–H and O–H groups in total. The van der Waals surface area contributed by atoms with Gasteiger partial charge in [-0.05, 0) is 66.7 Å². The summed E-state index contributed by atoms with van der Waals surface area (Å²) in [6.45, 7) is 0. The van der Waals surface area contributed by atoms with Crippen LogP contribution >= 0.6 is 23.2 Å². The van der Waals surface area contributed by atoms with Gasteiger partial charge in [-0.1, -0.05) is 35.3 Å². The fraction of sp³-hybridized carbons (Fsp3) is 0.0400. The highest BCUT2D eigenvalue weighted by molar-refractivity contribution is 7.92. The number of pyridine rings is 1. The highest BCUT2D eigenvalue weighted by Gasteiger charge is 2.35. The summed E-state index contributed by atoms with van der Waals surface area (Å²) in [7, 11) is -4.23. The van der Waals surface area contributed by atoms with Gasteiger partial charge in [-0.3, -0.25) is 9.52 Å². The maximum atomic E-state index is 13.3. The molecule has 0 saturated carbocycles. The molecule has 13 heteroatoms. The van der Waals surface area contributed by atoms with Crippen LogP contribution in [0.3, 0.4) is 0 Å². The zero-order valence-corrected chi connectivity index (χ0v) is 21.3. The van der Waals surface area contributed by atoms with E-state index in [1.165, 1.54) is 36.4 Å². The molecule has 0 aliphatic rings. The second-order valence-corrected chi connectivity index (χ2v) is 10.2. The molecule has 4 aromatic rings. The minimum Gasteiger partial charge on any atom is -0.456 e. The van der Waals surface area contributed by atoms with Crippen LogP contribution in [-0.4, -0.2) is 19.3 Å². The Balaban J connectivity index is 1.58. The molecule has 1 heterocycles. The van der Waals surface area contributed by atoms with Crippen molar-refractivity contribution < 1.29 is 31.1 Å². The van der Waals surface area contributed by atoms with Gasteiger partial charge in [-0.2, -0.15) is 13.2 Å². The number of carbonyl (C=O) groups is 1. The van der Waals surface area contributed by atoms with Gasteiger partial charge < -0.3 is 10.1 Å². The molecule has 196 valence electrons. The number of rotatable bonds is 7. The summed E-state index contributed by atoms with van der Waals surface area (Å²) in [4.78, 5) is 16.3. The number of alkyl halides is 3. The van der Waals surface area contributed by atoms with E-state index in [4.69, 9.17) is 27.9 Å². The number of sulfonamides is 1. The van der Waals surface area contributed by atoms with Crippen molar-refractivity contribution in [1.82, 2.24) is 4.98 Å². The normalized spacial score (nSPS) is 11.6. The number of hydrogen-bond donors (Lipinski definition) is 2. The number of nitrogens with zero attached hydrogens (tertiary/aromatic N) is 1. The molecule has 0 unspecified atom stereocenters. The Morgan fingerprint density at radius 3 is 2.32 bits per heavy atom. The van der Waals surface area contributed by atoms with Crippen molar-refractivity contribution >= 4 is 50.6 Å². The van der Waals surface area contributed by atoms with E-state index >= 15 is 0 Å². The molecule has 38 heavy (non-hydrogen) atoms. The third kappa shape index (κ3) is 6.36. The molecule has 0 saturated heterocycles. The Labute approximate surface area is 225 Å². The Kier molecular flexibility index (Phi) is 7.81. The van der Waals surface area contributed by atoms with Crippen LogP contribution in [0, 0.1) is 0 Å². The van der Waals surface area contributed by atoms with Crippen molar-refractivity contribution in [3.63, 3.8) is 0 Å². The van der Waals surface area contributed by atoms with Crippen LogP contribution < -0.4 is 14.8 Å². The Morgan fingerprint density at radius 1 is 0.921 bits per heavy atom. The standard InChI is InChI=1S/C25H16Cl2F3N3O4S/c26-15-7-12-21(18(14-15)24(34)32-23-19(25(28,29)30)4-3-13-31-23)33-38(35,36)17-10-8-16(9-11-17)37-22-6-2-1-5-20(22)27/h1-14,33H,(H,31,32,34). The number of benzene rings is 3. The van der Waals surface area contributed by atoms with Gasteiger partial charge in [0, 0.05) is 11.2 Å². The Morgan fingerprint density at radius 2 is 1.63 bits per heavy atom. The number of hydrogen-bond acceptors (Lipinski definition) is 5. The molecule has 1 amide bonds. The second-order valence-electron chi connectivity index (χ2n) is 7.65. The van der Waals surface area contributed by atoms with Crippen molar-refractivity contribution in [3.8, 4) is 11.5 Å². The first-order valence-corrected chi connectivity index (χ1v) is 12.9. The first-order valence-electron chi connectivity index (χ1n) is 10.6. The molecule has 7 nitrogen and oxygen atoms in total. The van der Waals surface area contributed by atoms with Gasteiger partial charge in [-0.15, -0.1) is 0 Å². The smallest absolute Gasteiger partial charge is 0.419 e. The Hall–Kier alpha value is -3.80. The van der Waals surface area contributed by atoms with Crippen LogP contribution in [0.25, 0.3) is 0 Å². The van der Waals surface area contributed by atoms with E-state index in [1.54, 1.807) is 24.3 Å². The van der Waals surface area contributed by atoms with Crippen LogP contribution in [0.4, 0.5) is 24.7 Å². The highest BCUT2D eigenvalue weighted by Crippen LogP contribution is 2.34. The van der Waals surface area contributed by atoms with Crippen LogP contribution in [0.15, 0.2) is 90.0 Å². The summed E-state index contributed by atoms with van der Waals surface area (Å²) in [6, 6.07) is 17.6. The number of ether oxygens (including phenoxy) is 1. The number of carbonyl (C=O) groups excluding carboxylic acids is 1. The highest BCUT2D eigenvalue weighted by atomic mass is 35.5. The zero-order valence-electron chi connectivity index (χ0n) is 19.0. The van der Waals surface area contributed by atoms with Crippen LogP contribution in [-0.2, 0) is 16.2 Å². The number of anilines is 2. The number of nitrogens with one attached hydrogen (secondary N) is 2. The van der Waals surface area contributed by atoms with Gasteiger partial charge in [0.1, 0.15) is 17.3 Å². The molecule has 0 aliphatic heterocycles. The van der Waals surface area contributed by atoms with Crippen molar-refractivity contribution in [3.05, 3.63) is 106 Å². The molecule has 0 atom stereocenters. The predicted molar refractivity (Wildman–Crippen MR) is 137 cm³/mol. The van der Waals surface area contributed by atoms with Gasteiger partial charge in [0.05, 0.1) is 26.7 Å². The van der Waals surface area contributed by atoms with E-state index in [9.17, 15) is 26.4 Å². The van der Waals surface area contributed by atoms with Crippen LogP contribution in [0.1, 0.15) is 15.9 Å². The zero-order chi connectivity index (χ0) is 27.5. The summed E-state index contributed by atoms with van der Waals surface area (Å²) >= 11 is 12.0. The summed E-state index contributed by atoms with van der Waals surface area (Å²) in [5.74, 6) is -1.11. The number of amides is 1. The lowest BCUT2D eigenvalue weighted by molar-refractivity contribution is -0.137. The minimum atomic E-state index is -4.78. The van der Waals surface area contributed by atoms with Crippen molar-refractivity contribution in [2.75, 3.05) is 10.0 Å². The maximum Gasteiger partial charge on any atom is 0.419 e. The summed E-state index contributed by atoms with van der Waals surface area (Å²) in [5, 5.41) is 2.49. The molecular formula is C25H16Cl2F3N3O4S. The predicted octanol–water partition coefficient (Wildman–Crippen LogP) is 7.25. The monoisotopic (exact) mass is 581 g/mol. The quantitative estimate of drug-likeness (QED) is 0.239. The van der Waals surface area contributed by atoms with Gasteiger partial charge in [0.25, 0.3) is 15.9 Å². The molecule has 3 aromatic carbocycles. The molecule has 0 spiro atoms. The van der Waals surface area contributed by atoms with E-state index in [0.29, 0.717) is 16.5 Å². The molecule has 0 radical (unpaired) electrons. The largest absolute Gasteiger partial charge is 0.456 e. The molecule has 0 fully saturated rings. The van der Waals surface area contributed by atoms with Gasteiger partial charge in [-0.25, -0.2) is 13.4 Å². The topological polar surface area (TPSA) is 97.4 Å². The fourth-order valence-electron chi connectivity index (χ4n) is 3.25. The van der Waals surface area contributed by atoms with Crippen LogP contribution in [0.5, 0.6) is 11.5 Å². The SMILES string of the molecule is O=C(Nc1ncccc1C(F)(F)F)c1cc(Cl)ccc1NS(=O)(=O)c1ccc(Oc2ccccc2Cl)cc1. The molecule has 1 aromatic heterocycles. The number of para-hydroxylation sites is 1. The summed E-state index contributed by atoms with van der Waals surface area (Å²) < 4.78 is 73.9. The fourth-order valence-corrected chi connectivity index (χ4v) is 4.67. The lowest BCUT2D eigenvalue weighted by Crippen LogP contribution is -2.21. The van der Waals surface area contributed by atoms with Gasteiger partial charge in [0.15, 0.2) is 0 Å². The van der Waals surface area contributed by atoms with E-state index in [1.807, 2.05) is 0 Å². The second kappa shape index (κ2) is 10.9. The first-order chi connectivity index (χ1) is 17.9. The maximum absolute atomic E-state index is 13.3. The first kappa shape index (κ1) is 27.2. The average Bonchev–Trinajstić information content (AvgIpc) is 2.86. The number of aromatic nitrogens is 1. The average molecular weight is 582 g/mol. The lowest BCUT2D eigenvalue weighted by atomic mass is 10.1. The van der Waals surface area contributed by atoms with Crippen molar-refractivity contribution in [1.29, 1.82) is 0 Å². The summed E-state index contributed by atoms with van der Waals surface area (Å²) in [5.41, 5.74) is -1.71. The molecule has 0 aliphatic carbocycles. The van der Waals surface area contributed by atoms with E-state index in [0.717, 1.165) is 24.4 Å². The van der Waals surface area contributed by atoms with E-state index < -0.39 is 33.5 Å². The summed E-state index contributed by atoms with van der Waals surface area (Å²) in [6.07, 6.45) is -3.71. The molecule has 0 bridgehead atoms. The molecular weight excluding hydrogens is 566 g/mol. The van der Waals surface area contributed by atoms with Crippen molar-refractivity contribution in [2.24, 2.45) is 0 Å².